The van der Waals surface area contributed by atoms with E-state index >= 15 is 0 Å². The number of nitrogens with zero attached hydrogens (tertiary/aromatic N) is 2. The van der Waals surface area contributed by atoms with Gasteiger partial charge in [0.15, 0.2) is 5.82 Å². The maximum Gasteiger partial charge on any atom is 0.160 e. The third-order valence-corrected chi connectivity index (χ3v) is 9.36. The fourth-order valence-corrected chi connectivity index (χ4v) is 7.00. The number of para-hydroxylation sites is 1. The van der Waals surface area contributed by atoms with E-state index in [9.17, 15) is 1.37 Å². The van der Waals surface area contributed by atoms with Crippen LogP contribution in [0.3, 0.4) is 0 Å². The summed E-state index contributed by atoms with van der Waals surface area (Å²) in [5, 5.41) is 3.34. The minimum atomic E-state index is -0.504. The van der Waals surface area contributed by atoms with Crippen LogP contribution in [0.4, 0.5) is 0 Å². The highest BCUT2D eigenvalue weighted by Gasteiger charge is 2.19. The van der Waals surface area contributed by atoms with Crippen LogP contribution in [-0.2, 0) is 0 Å². The predicted molar refractivity (Wildman–Crippen MR) is 212 cm³/mol. The number of furan rings is 1. The van der Waals surface area contributed by atoms with Gasteiger partial charge in [0, 0.05) is 33.0 Å². The lowest BCUT2D eigenvalue weighted by atomic mass is 9.91. The van der Waals surface area contributed by atoms with Crippen molar-refractivity contribution < 1.29 is 14.0 Å². The Bertz CT molecular complexity index is 3250. The highest BCUT2D eigenvalue weighted by Crippen LogP contribution is 2.44. The Kier molecular flexibility index (Phi) is 5.32. The van der Waals surface area contributed by atoms with E-state index in [0.717, 1.165) is 60.8 Å². The molecule has 10 aromatic rings. The second kappa shape index (κ2) is 11.9. The standard InChI is InChI=1S/C48H30N2O/c1-3-14-32(15-4-1)43-30-44(50-48(49-43)33-16-5-2-6-17-33)40-28-27-39(37-19-9-10-20-38(37)40)41-22-12-24-45-46(41)42-23-11-21-36(47(42)51-45)35-26-25-31-13-7-8-18-34(31)29-35/h1-30H/i7D,8D,13D,18D,25D,26D,29D. The van der Waals surface area contributed by atoms with Gasteiger partial charge in [-0.3, -0.25) is 0 Å². The van der Waals surface area contributed by atoms with Crippen molar-refractivity contribution in [2.45, 2.75) is 0 Å². The Morgan fingerprint density at radius 3 is 1.92 bits per heavy atom. The van der Waals surface area contributed by atoms with E-state index in [1.165, 1.54) is 0 Å². The summed E-state index contributed by atoms with van der Waals surface area (Å²) in [5.74, 6) is 0.631. The summed E-state index contributed by atoms with van der Waals surface area (Å²) in [7, 11) is 0. The van der Waals surface area contributed by atoms with Crippen molar-refractivity contribution in [3.05, 3.63) is 182 Å². The molecule has 0 unspecified atom stereocenters. The van der Waals surface area contributed by atoms with Gasteiger partial charge in [-0.2, -0.15) is 0 Å². The molecular weight excluding hydrogens is 621 g/mol. The van der Waals surface area contributed by atoms with Crippen LogP contribution in [0.5, 0.6) is 0 Å². The lowest BCUT2D eigenvalue weighted by Crippen LogP contribution is -1.96. The van der Waals surface area contributed by atoms with E-state index in [1.54, 1.807) is 6.07 Å². The summed E-state index contributed by atoms with van der Waals surface area (Å²) in [6, 6.07) is 43.1. The second-order valence-corrected chi connectivity index (χ2v) is 12.4. The molecule has 0 amide bonds. The van der Waals surface area contributed by atoms with Crippen LogP contribution >= 0.6 is 0 Å². The van der Waals surface area contributed by atoms with Gasteiger partial charge in [0.05, 0.1) is 21.0 Å². The average molecular weight is 658 g/mol. The average Bonchev–Trinajstić information content (AvgIpc) is 3.66. The topological polar surface area (TPSA) is 38.9 Å². The van der Waals surface area contributed by atoms with Crippen LogP contribution in [0.1, 0.15) is 9.60 Å². The molecule has 0 spiro atoms. The van der Waals surface area contributed by atoms with Crippen molar-refractivity contribution in [3.63, 3.8) is 0 Å². The monoisotopic (exact) mass is 657 g/mol. The van der Waals surface area contributed by atoms with E-state index in [1.807, 2.05) is 103 Å². The molecule has 2 aromatic heterocycles. The maximum absolute atomic E-state index is 9.21. The quantitative estimate of drug-likeness (QED) is 0.185. The molecule has 2 heterocycles. The zero-order chi connectivity index (χ0) is 39.8. The molecule has 0 bridgehead atoms. The Labute approximate surface area is 305 Å². The molecular formula is C48H30N2O. The molecule has 0 aliphatic rings. The highest BCUT2D eigenvalue weighted by molar-refractivity contribution is 6.18. The van der Waals surface area contributed by atoms with Crippen LogP contribution in [-0.4, -0.2) is 9.97 Å². The molecule has 3 nitrogen and oxygen atoms in total. The van der Waals surface area contributed by atoms with Crippen LogP contribution in [0.15, 0.2) is 186 Å². The van der Waals surface area contributed by atoms with E-state index in [-0.39, 0.29) is 34.5 Å². The number of rotatable bonds is 5. The minimum Gasteiger partial charge on any atom is -0.455 e. The molecule has 0 radical (unpaired) electrons. The number of hydrogen-bond donors (Lipinski definition) is 0. The van der Waals surface area contributed by atoms with Crippen LogP contribution < -0.4 is 0 Å². The fraction of sp³-hybridized carbons (Fsp3) is 0. The molecule has 10 rings (SSSR count). The van der Waals surface area contributed by atoms with Gasteiger partial charge in [-0.05, 0) is 56.4 Å². The number of aromatic nitrogens is 2. The summed E-state index contributed by atoms with van der Waals surface area (Å²) < 4.78 is 67.2. The smallest absolute Gasteiger partial charge is 0.160 e. The van der Waals surface area contributed by atoms with Crippen LogP contribution in [0.2, 0.25) is 0 Å². The Hall–Kier alpha value is -6.84. The van der Waals surface area contributed by atoms with Crippen molar-refractivity contribution in [1.29, 1.82) is 0 Å². The predicted octanol–water partition coefficient (Wildman–Crippen LogP) is 13.0. The SMILES string of the molecule is [2H]c1c([2H])c([2H])c2c([2H])c(-c3cccc4c3oc3cccc(-c5ccc(-c6cc(-c7ccccc7)nc(-c7ccccc7)n6)c6ccccc56)c34)c([2H])c([2H])c2c1[2H]. The summed E-state index contributed by atoms with van der Waals surface area (Å²) in [6.07, 6.45) is 0. The molecule has 8 aromatic carbocycles. The highest BCUT2D eigenvalue weighted by atomic mass is 16.3. The zero-order valence-corrected chi connectivity index (χ0v) is 27.1. The lowest BCUT2D eigenvalue weighted by molar-refractivity contribution is 0.670. The molecule has 51 heavy (non-hydrogen) atoms. The fourth-order valence-electron chi connectivity index (χ4n) is 7.00. The zero-order valence-electron chi connectivity index (χ0n) is 34.1. The Balaban J connectivity index is 1.18. The van der Waals surface area contributed by atoms with Crippen molar-refractivity contribution in [3.8, 4) is 56.2 Å². The Morgan fingerprint density at radius 1 is 0.451 bits per heavy atom. The van der Waals surface area contributed by atoms with E-state index in [0.29, 0.717) is 22.6 Å². The molecule has 238 valence electrons. The molecule has 0 aliphatic carbocycles. The van der Waals surface area contributed by atoms with Gasteiger partial charge in [0.1, 0.15) is 11.2 Å². The van der Waals surface area contributed by atoms with Gasteiger partial charge in [0.25, 0.3) is 0 Å². The van der Waals surface area contributed by atoms with Crippen molar-refractivity contribution in [2.75, 3.05) is 0 Å². The first-order valence-corrected chi connectivity index (χ1v) is 16.7. The first kappa shape index (κ1) is 22.7. The molecule has 0 aliphatic heterocycles. The lowest BCUT2D eigenvalue weighted by Gasteiger charge is -2.14. The molecule has 0 atom stereocenters. The maximum atomic E-state index is 9.21. The third kappa shape index (κ3) is 4.98. The number of benzene rings is 8. The summed E-state index contributed by atoms with van der Waals surface area (Å²) >= 11 is 0. The van der Waals surface area contributed by atoms with Crippen molar-refractivity contribution in [2.24, 2.45) is 0 Å². The first-order valence-electron chi connectivity index (χ1n) is 20.2. The van der Waals surface area contributed by atoms with Gasteiger partial charge in [-0.15, -0.1) is 0 Å². The molecule has 3 heteroatoms. The second-order valence-electron chi connectivity index (χ2n) is 12.4. The van der Waals surface area contributed by atoms with E-state index < -0.39 is 24.2 Å². The van der Waals surface area contributed by atoms with Gasteiger partial charge in [0.2, 0.25) is 0 Å². The normalized spacial score (nSPS) is 13.5. The molecule has 0 N–H and O–H groups in total. The van der Waals surface area contributed by atoms with Crippen molar-refractivity contribution in [1.82, 2.24) is 9.97 Å². The molecule has 0 saturated heterocycles. The minimum absolute atomic E-state index is 0.0677. The number of fused-ring (bicyclic) bond motifs is 5. The molecule has 0 saturated carbocycles. The van der Waals surface area contributed by atoms with Crippen LogP contribution in [0, 0.1) is 0 Å². The first-order chi connectivity index (χ1) is 28.2. The number of hydrogen-bond acceptors (Lipinski definition) is 3. The van der Waals surface area contributed by atoms with Crippen LogP contribution in [0.25, 0.3) is 99.6 Å². The summed E-state index contributed by atoms with van der Waals surface area (Å²) in [6.45, 7) is 0. The largest absolute Gasteiger partial charge is 0.455 e. The summed E-state index contributed by atoms with van der Waals surface area (Å²) in [5.41, 5.74) is 7.82. The Morgan fingerprint density at radius 2 is 1.10 bits per heavy atom. The van der Waals surface area contributed by atoms with Gasteiger partial charge in [-0.1, -0.05) is 164 Å². The third-order valence-electron chi connectivity index (χ3n) is 9.36. The van der Waals surface area contributed by atoms with Gasteiger partial charge in [-0.25, -0.2) is 9.97 Å². The van der Waals surface area contributed by atoms with E-state index in [2.05, 4.69) is 30.3 Å². The summed E-state index contributed by atoms with van der Waals surface area (Å²) in [4.78, 5) is 10.1. The molecule has 0 fully saturated rings. The van der Waals surface area contributed by atoms with E-state index in [4.69, 9.17) is 22.6 Å². The van der Waals surface area contributed by atoms with Gasteiger partial charge < -0.3 is 4.42 Å². The van der Waals surface area contributed by atoms with Crippen molar-refractivity contribution >= 4 is 43.5 Å². The van der Waals surface area contributed by atoms with Gasteiger partial charge >= 0.3 is 0 Å².